The molecule has 16 heavy (non-hydrogen) atoms. The van der Waals surface area contributed by atoms with Gasteiger partial charge in [-0.1, -0.05) is 20.3 Å². The van der Waals surface area contributed by atoms with Crippen molar-refractivity contribution < 1.29 is 4.42 Å². The molecule has 92 valence electrons. The van der Waals surface area contributed by atoms with Gasteiger partial charge in [-0.05, 0) is 32.4 Å². The van der Waals surface area contributed by atoms with Crippen molar-refractivity contribution in [2.45, 2.75) is 52.4 Å². The molecule has 0 aliphatic carbocycles. The van der Waals surface area contributed by atoms with Gasteiger partial charge in [0.1, 0.15) is 0 Å². The Labute approximate surface area is 97.8 Å². The summed E-state index contributed by atoms with van der Waals surface area (Å²) in [5.41, 5.74) is 0. The lowest BCUT2D eigenvalue weighted by Crippen LogP contribution is -2.16. The van der Waals surface area contributed by atoms with Crippen molar-refractivity contribution in [1.29, 1.82) is 0 Å². The molecule has 1 rings (SSSR count). The number of nitrogens with zero attached hydrogens (tertiary/aromatic N) is 2. The maximum absolute atomic E-state index is 5.54. The van der Waals surface area contributed by atoms with Gasteiger partial charge >= 0.3 is 0 Å². The van der Waals surface area contributed by atoms with Crippen LogP contribution in [0.25, 0.3) is 0 Å². The van der Waals surface area contributed by atoms with Crippen molar-refractivity contribution in [3.8, 4) is 0 Å². The monoisotopic (exact) mass is 225 g/mol. The van der Waals surface area contributed by atoms with E-state index >= 15 is 0 Å². The largest absolute Gasteiger partial charge is 0.425 e. The number of aryl methyl sites for hydroxylation is 2. The van der Waals surface area contributed by atoms with E-state index in [0.717, 1.165) is 50.6 Å². The first-order valence-electron chi connectivity index (χ1n) is 6.38. The third-order valence-corrected chi connectivity index (χ3v) is 2.42. The predicted molar refractivity (Wildman–Crippen MR) is 64.4 cm³/mol. The molecule has 0 fully saturated rings. The predicted octanol–water partition coefficient (Wildman–Crippen LogP) is 2.34. The zero-order chi connectivity index (χ0) is 11.6. The Bertz CT molecular complexity index is 273. The molecule has 0 saturated carbocycles. The van der Waals surface area contributed by atoms with Gasteiger partial charge in [-0.2, -0.15) is 0 Å². The molecule has 4 heteroatoms. The number of unbranched alkanes of at least 4 members (excludes halogenated alkanes) is 1. The van der Waals surface area contributed by atoms with Gasteiger partial charge < -0.3 is 9.73 Å². The van der Waals surface area contributed by atoms with Crippen molar-refractivity contribution >= 4 is 0 Å². The second-order valence-corrected chi connectivity index (χ2v) is 4.05. The van der Waals surface area contributed by atoms with Crippen LogP contribution in [0.4, 0.5) is 0 Å². The summed E-state index contributed by atoms with van der Waals surface area (Å²) in [5.74, 6) is 1.57. The normalized spacial score (nSPS) is 10.9. The molecule has 0 unspecified atom stereocenters. The highest BCUT2D eigenvalue weighted by Gasteiger charge is 2.04. The SMILES string of the molecule is CCCCc1nnc(CCCNCCC)o1. The van der Waals surface area contributed by atoms with Crippen LogP contribution >= 0.6 is 0 Å². The van der Waals surface area contributed by atoms with Gasteiger partial charge in [0, 0.05) is 12.8 Å². The minimum Gasteiger partial charge on any atom is -0.425 e. The molecule has 1 heterocycles. The molecule has 0 aliphatic rings. The average Bonchev–Trinajstić information content (AvgIpc) is 2.74. The lowest BCUT2D eigenvalue weighted by Gasteiger charge is -1.99. The third-order valence-electron chi connectivity index (χ3n) is 2.42. The number of nitrogens with one attached hydrogen (secondary N) is 1. The molecule has 0 aromatic carbocycles. The first-order chi connectivity index (χ1) is 7.86. The fourth-order valence-corrected chi connectivity index (χ4v) is 1.48. The van der Waals surface area contributed by atoms with Gasteiger partial charge in [0.05, 0.1) is 0 Å². The van der Waals surface area contributed by atoms with Crippen molar-refractivity contribution in [2.75, 3.05) is 13.1 Å². The summed E-state index contributed by atoms with van der Waals surface area (Å²) in [6.07, 6.45) is 6.34. The smallest absolute Gasteiger partial charge is 0.216 e. The summed E-state index contributed by atoms with van der Waals surface area (Å²) in [6, 6.07) is 0. The lowest BCUT2D eigenvalue weighted by atomic mass is 10.2. The first-order valence-corrected chi connectivity index (χ1v) is 6.38. The number of rotatable bonds is 9. The topological polar surface area (TPSA) is 51.0 Å². The summed E-state index contributed by atoms with van der Waals surface area (Å²) >= 11 is 0. The summed E-state index contributed by atoms with van der Waals surface area (Å²) < 4.78 is 5.54. The molecule has 1 aromatic rings. The standard InChI is InChI=1S/C12H23N3O/c1-3-5-7-11-14-15-12(16-11)8-6-10-13-9-4-2/h13H,3-10H2,1-2H3. The number of aromatic nitrogens is 2. The molecular formula is C12H23N3O. The summed E-state index contributed by atoms with van der Waals surface area (Å²) in [4.78, 5) is 0. The Hall–Kier alpha value is -0.900. The van der Waals surface area contributed by atoms with E-state index in [1.165, 1.54) is 12.8 Å². The zero-order valence-corrected chi connectivity index (χ0v) is 10.5. The fraction of sp³-hybridized carbons (Fsp3) is 0.833. The summed E-state index contributed by atoms with van der Waals surface area (Å²) in [7, 11) is 0. The molecule has 0 spiro atoms. The van der Waals surface area contributed by atoms with Crippen LogP contribution in [-0.4, -0.2) is 23.3 Å². The van der Waals surface area contributed by atoms with Crippen molar-refractivity contribution in [3.05, 3.63) is 11.8 Å². The molecule has 0 atom stereocenters. The molecule has 0 aliphatic heterocycles. The maximum Gasteiger partial charge on any atom is 0.216 e. The number of hydrogen-bond donors (Lipinski definition) is 1. The Balaban J connectivity index is 2.14. The lowest BCUT2D eigenvalue weighted by molar-refractivity contribution is 0.437. The van der Waals surface area contributed by atoms with E-state index < -0.39 is 0 Å². The molecule has 4 nitrogen and oxygen atoms in total. The highest BCUT2D eigenvalue weighted by Crippen LogP contribution is 2.05. The maximum atomic E-state index is 5.54. The quantitative estimate of drug-likeness (QED) is 0.655. The highest BCUT2D eigenvalue weighted by molar-refractivity contribution is 4.82. The summed E-state index contributed by atoms with van der Waals surface area (Å²) in [6.45, 7) is 6.45. The van der Waals surface area contributed by atoms with Crippen LogP contribution in [0, 0.1) is 0 Å². The van der Waals surface area contributed by atoms with Crippen LogP contribution in [0.5, 0.6) is 0 Å². The van der Waals surface area contributed by atoms with Gasteiger partial charge in [0.15, 0.2) is 0 Å². The Morgan fingerprint density at radius 3 is 2.25 bits per heavy atom. The molecule has 1 N–H and O–H groups in total. The minimum atomic E-state index is 0.782. The summed E-state index contributed by atoms with van der Waals surface area (Å²) in [5, 5.41) is 11.4. The Morgan fingerprint density at radius 2 is 1.62 bits per heavy atom. The van der Waals surface area contributed by atoms with Crippen LogP contribution in [0.2, 0.25) is 0 Å². The van der Waals surface area contributed by atoms with Crippen LogP contribution in [0.1, 0.15) is 51.3 Å². The van der Waals surface area contributed by atoms with Gasteiger partial charge in [-0.15, -0.1) is 10.2 Å². The molecule has 0 bridgehead atoms. The van der Waals surface area contributed by atoms with Crippen LogP contribution in [0.3, 0.4) is 0 Å². The van der Waals surface area contributed by atoms with E-state index in [4.69, 9.17) is 4.42 Å². The molecular weight excluding hydrogens is 202 g/mol. The van der Waals surface area contributed by atoms with E-state index in [1.807, 2.05) is 0 Å². The van der Waals surface area contributed by atoms with Crippen molar-refractivity contribution in [2.24, 2.45) is 0 Å². The molecule has 0 radical (unpaired) electrons. The Kier molecular flexibility index (Phi) is 6.81. The highest BCUT2D eigenvalue weighted by atomic mass is 16.4. The molecule has 0 saturated heterocycles. The van der Waals surface area contributed by atoms with Crippen LogP contribution < -0.4 is 5.32 Å². The van der Waals surface area contributed by atoms with E-state index in [9.17, 15) is 0 Å². The van der Waals surface area contributed by atoms with Crippen molar-refractivity contribution in [3.63, 3.8) is 0 Å². The first kappa shape index (κ1) is 13.2. The van der Waals surface area contributed by atoms with E-state index in [0.29, 0.717) is 0 Å². The van der Waals surface area contributed by atoms with Gasteiger partial charge in [0.2, 0.25) is 11.8 Å². The third kappa shape index (κ3) is 5.26. The van der Waals surface area contributed by atoms with Crippen LogP contribution in [-0.2, 0) is 12.8 Å². The number of hydrogen-bond acceptors (Lipinski definition) is 4. The average molecular weight is 225 g/mol. The van der Waals surface area contributed by atoms with Crippen molar-refractivity contribution in [1.82, 2.24) is 15.5 Å². The van der Waals surface area contributed by atoms with E-state index in [2.05, 4.69) is 29.4 Å². The van der Waals surface area contributed by atoms with Gasteiger partial charge in [0.25, 0.3) is 0 Å². The van der Waals surface area contributed by atoms with Gasteiger partial charge in [-0.3, -0.25) is 0 Å². The van der Waals surface area contributed by atoms with Gasteiger partial charge in [-0.25, -0.2) is 0 Å². The second-order valence-electron chi connectivity index (χ2n) is 4.05. The molecule has 0 amide bonds. The van der Waals surface area contributed by atoms with E-state index in [-0.39, 0.29) is 0 Å². The van der Waals surface area contributed by atoms with Crippen LogP contribution in [0.15, 0.2) is 4.42 Å². The zero-order valence-electron chi connectivity index (χ0n) is 10.5. The Morgan fingerprint density at radius 1 is 0.938 bits per heavy atom. The fourth-order valence-electron chi connectivity index (χ4n) is 1.48. The minimum absolute atomic E-state index is 0.782. The molecule has 1 aromatic heterocycles. The van der Waals surface area contributed by atoms with E-state index in [1.54, 1.807) is 0 Å². The second kappa shape index (κ2) is 8.28.